The maximum atomic E-state index is 10.8. The number of nitrogens with zero attached hydrogens (tertiary/aromatic N) is 2. The molecule has 0 bridgehead atoms. The summed E-state index contributed by atoms with van der Waals surface area (Å²) in [5.41, 5.74) is -0.0193. The van der Waals surface area contributed by atoms with Gasteiger partial charge in [0, 0.05) is 13.1 Å². The van der Waals surface area contributed by atoms with Crippen molar-refractivity contribution in [2.45, 2.75) is 59.3 Å². The van der Waals surface area contributed by atoms with Gasteiger partial charge in [0.25, 0.3) is 0 Å². The molecule has 0 spiro atoms. The molecule has 1 aromatic rings. The highest BCUT2D eigenvalue weighted by Gasteiger charge is 2.52. The molecule has 0 aliphatic carbocycles. The molecular formula is C14H23BN2O4. The Labute approximate surface area is 125 Å². The summed E-state index contributed by atoms with van der Waals surface area (Å²) in [5, 5.41) is 0. The van der Waals surface area contributed by atoms with Crippen molar-refractivity contribution in [3.8, 4) is 0 Å². The second-order valence-corrected chi connectivity index (χ2v) is 6.33. The lowest BCUT2D eigenvalue weighted by molar-refractivity contribution is -0.141. The molecule has 0 amide bonds. The largest absolute Gasteiger partial charge is 0.516 e. The van der Waals surface area contributed by atoms with Crippen molar-refractivity contribution < 1.29 is 18.8 Å². The Kier molecular flexibility index (Phi) is 4.17. The van der Waals surface area contributed by atoms with Crippen LogP contribution in [0.25, 0.3) is 0 Å². The molecule has 1 fully saturated rings. The zero-order valence-corrected chi connectivity index (χ0v) is 13.6. The number of ether oxygens (including phenoxy) is 1. The molecule has 116 valence electrons. The average Bonchev–Trinajstić information content (AvgIpc) is 2.78. The minimum Gasteiger partial charge on any atom is -0.464 e. The number of carbonyl (C=O) groups is 1. The van der Waals surface area contributed by atoms with E-state index in [4.69, 9.17) is 14.0 Å². The Morgan fingerprint density at radius 1 is 1.33 bits per heavy atom. The van der Waals surface area contributed by atoms with Crippen LogP contribution in [0.3, 0.4) is 0 Å². The molecule has 2 heterocycles. The summed E-state index contributed by atoms with van der Waals surface area (Å²) in [4.78, 5) is 15.3. The molecule has 0 unspecified atom stereocenters. The van der Waals surface area contributed by atoms with Gasteiger partial charge in [0.15, 0.2) is 0 Å². The maximum absolute atomic E-state index is 10.8. The molecular weight excluding hydrogens is 271 g/mol. The van der Waals surface area contributed by atoms with Crippen LogP contribution in [-0.2, 0) is 25.4 Å². The lowest BCUT2D eigenvalue weighted by atomic mass is 9.86. The first-order chi connectivity index (χ1) is 9.62. The van der Waals surface area contributed by atoms with Gasteiger partial charge in [-0.1, -0.05) is 0 Å². The van der Waals surface area contributed by atoms with Gasteiger partial charge < -0.3 is 18.6 Å². The van der Waals surface area contributed by atoms with E-state index in [0.29, 0.717) is 13.2 Å². The third-order valence-electron chi connectivity index (χ3n) is 4.13. The van der Waals surface area contributed by atoms with Crippen molar-refractivity contribution in [2.24, 2.45) is 0 Å². The molecule has 0 N–H and O–H groups in total. The Morgan fingerprint density at radius 3 is 2.43 bits per heavy atom. The van der Waals surface area contributed by atoms with Gasteiger partial charge in [-0.05, 0) is 34.6 Å². The van der Waals surface area contributed by atoms with Crippen molar-refractivity contribution >= 4 is 18.7 Å². The van der Waals surface area contributed by atoms with Crippen molar-refractivity contribution in [1.29, 1.82) is 0 Å². The number of hydrogen-bond acceptors (Lipinski definition) is 5. The summed E-state index contributed by atoms with van der Waals surface area (Å²) in [6.07, 6.45) is 1.89. The number of rotatable bonds is 4. The molecule has 7 heteroatoms. The predicted molar refractivity (Wildman–Crippen MR) is 79.3 cm³/mol. The number of hydrogen-bond donors (Lipinski definition) is 0. The van der Waals surface area contributed by atoms with E-state index in [1.807, 2.05) is 45.4 Å². The molecule has 2 rings (SSSR count). The third kappa shape index (κ3) is 3.29. The van der Waals surface area contributed by atoms with Crippen LogP contribution in [0.15, 0.2) is 6.20 Å². The van der Waals surface area contributed by atoms with Crippen LogP contribution in [0.2, 0.25) is 0 Å². The van der Waals surface area contributed by atoms with Gasteiger partial charge in [0.05, 0.1) is 23.3 Å². The van der Waals surface area contributed by atoms with Gasteiger partial charge in [-0.25, -0.2) is 4.98 Å². The molecule has 1 aliphatic heterocycles. The molecule has 0 saturated carbocycles. The summed E-state index contributed by atoms with van der Waals surface area (Å²) in [5.74, 6) is 0.561. The first kappa shape index (κ1) is 16.0. The minimum absolute atomic E-state index is 0.279. The van der Waals surface area contributed by atoms with E-state index in [-0.39, 0.29) is 17.2 Å². The Hall–Kier alpha value is -1.34. The highest BCUT2D eigenvalue weighted by Crippen LogP contribution is 2.36. The summed E-state index contributed by atoms with van der Waals surface area (Å²) < 4.78 is 18.8. The van der Waals surface area contributed by atoms with Gasteiger partial charge in [0.2, 0.25) is 0 Å². The van der Waals surface area contributed by atoms with Crippen molar-refractivity contribution in [1.82, 2.24) is 9.55 Å². The van der Waals surface area contributed by atoms with E-state index in [9.17, 15) is 4.79 Å². The fourth-order valence-electron chi connectivity index (χ4n) is 2.12. The quantitative estimate of drug-likeness (QED) is 0.613. The SMILES string of the molecule is CC(=O)OCCn1cc(B2OC(C)(C)C(C)(C)O2)nc1C. The van der Waals surface area contributed by atoms with E-state index >= 15 is 0 Å². The Bertz CT molecular complexity index is 523. The molecule has 0 aromatic carbocycles. The van der Waals surface area contributed by atoms with E-state index < -0.39 is 7.12 Å². The van der Waals surface area contributed by atoms with Gasteiger partial charge >= 0.3 is 13.1 Å². The highest BCUT2D eigenvalue weighted by atomic mass is 16.7. The average molecular weight is 294 g/mol. The first-order valence-electron chi connectivity index (χ1n) is 7.15. The maximum Gasteiger partial charge on any atom is 0.516 e. The van der Waals surface area contributed by atoms with Crippen LogP contribution in [0.4, 0.5) is 0 Å². The van der Waals surface area contributed by atoms with Crippen LogP contribution < -0.4 is 5.59 Å². The predicted octanol–water partition coefficient (Wildman–Crippen LogP) is 1.05. The smallest absolute Gasteiger partial charge is 0.464 e. The van der Waals surface area contributed by atoms with E-state index in [0.717, 1.165) is 11.4 Å². The van der Waals surface area contributed by atoms with Gasteiger partial charge in [-0.3, -0.25) is 4.79 Å². The number of aromatic nitrogens is 2. The fraction of sp³-hybridized carbons (Fsp3) is 0.714. The van der Waals surface area contributed by atoms with Gasteiger partial charge in [-0.2, -0.15) is 0 Å². The molecule has 0 radical (unpaired) electrons. The zero-order valence-electron chi connectivity index (χ0n) is 13.6. The molecule has 6 nitrogen and oxygen atoms in total. The van der Waals surface area contributed by atoms with Gasteiger partial charge in [0.1, 0.15) is 12.4 Å². The number of carbonyl (C=O) groups excluding carboxylic acids is 1. The van der Waals surface area contributed by atoms with E-state index in [2.05, 4.69) is 4.98 Å². The Morgan fingerprint density at radius 2 is 1.90 bits per heavy atom. The summed E-state index contributed by atoms with van der Waals surface area (Å²) in [7, 11) is -0.469. The van der Waals surface area contributed by atoms with Crippen LogP contribution in [-0.4, -0.2) is 40.4 Å². The summed E-state index contributed by atoms with van der Waals surface area (Å²) in [6, 6.07) is 0. The monoisotopic (exact) mass is 294 g/mol. The fourth-order valence-corrected chi connectivity index (χ4v) is 2.12. The second-order valence-electron chi connectivity index (χ2n) is 6.33. The standard InChI is InChI=1S/C14H23BN2O4/c1-10-16-12(9-17(10)7-8-19-11(2)18)15-20-13(3,4)14(5,6)21-15/h9H,7-8H2,1-6H3. The van der Waals surface area contributed by atoms with Gasteiger partial charge in [-0.15, -0.1) is 0 Å². The van der Waals surface area contributed by atoms with E-state index in [1.54, 1.807) is 0 Å². The number of esters is 1. The third-order valence-corrected chi connectivity index (χ3v) is 4.13. The lowest BCUT2D eigenvalue weighted by Gasteiger charge is -2.32. The second kappa shape index (κ2) is 5.46. The van der Waals surface area contributed by atoms with Crippen molar-refractivity contribution in [2.75, 3.05) is 6.61 Å². The zero-order chi connectivity index (χ0) is 15.8. The number of aryl methyl sites for hydroxylation is 1. The topological polar surface area (TPSA) is 62.6 Å². The lowest BCUT2D eigenvalue weighted by Crippen LogP contribution is -2.41. The molecule has 21 heavy (non-hydrogen) atoms. The molecule has 0 atom stereocenters. The first-order valence-corrected chi connectivity index (χ1v) is 7.15. The van der Waals surface area contributed by atoms with Crippen LogP contribution in [0.1, 0.15) is 40.4 Å². The molecule has 1 aromatic heterocycles. The normalized spacial score (nSPS) is 19.8. The van der Waals surface area contributed by atoms with Crippen LogP contribution in [0.5, 0.6) is 0 Å². The number of imidazole rings is 1. The molecule has 1 aliphatic rings. The van der Waals surface area contributed by atoms with E-state index in [1.165, 1.54) is 6.92 Å². The molecule has 1 saturated heterocycles. The van der Waals surface area contributed by atoms with Crippen LogP contribution in [0, 0.1) is 6.92 Å². The van der Waals surface area contributed by atoms with Crippen molar-refractivity contribution in [3.05, 3.63) is 12.0 Å². The minimum atomic E-state index is -0.469. The summed E-state index contributed by atoms with van der Waals surface area (Å²) >= 11 is 0. The Balaban J connectivity index is 2.07. The summed E-state index contributed by atoms with van der Waals surface area (Å²) in [6.45, 7) is 12.2. The van der Waals surface area contributed by atoms with Crippen molar-refractivity contribution in [3.63, 3.8) is 0 Å². The highest BCUT2D eigenvalue weighted by molar-refractivity contribution is 6.61. The van der Waals surface area contributed by atoms with Crippen LogP contribution >= 0.6 is 0 Å².